The van der Waals surface area contributed by atoms with E-state index in [9.17, 15) is 0 Å². The molecule has 0 N–H and O–H groups in total. The van der Waals surface area contributed by atoms with E-state index in [4.69, 9.17) is 6.58 Å². The van der Waals surface area contributed by atoms with Crippen LogP contribution in [0.3, 0.4) is 0 Å². The Morgan fingerprint density at radius 1 is 1.27 bits per heavy atom. The Labute approximate surface area is 68.9 Å². The molecule has 1 radical (unpaired) electrons. The summed E-state index contributed by atoms with van der Waals surface area (Å²) >= 11 is 0. The van der Waals surface area contributed by atoms with E-state index in [2.05, 4.69) is 13.2 Å². The molecule has 0 nitrogen and oxygen atoms in total. The molecule has 0 saturated heterocycles. The van der Waals surface area contributed by atoms with Crippen LogP contribution >= 0.6 is 0 Å². The first-order chi connectivity index (χ1) is 5.31. The molecule has 0 aromatic carbocycles. The van der Waals surface area contributed by atoms with Crippen molar-refractivity contribution in [1.82, 2.24) is 0 Å². The van der Waals surface area contributed by atoms with Crippen LogP contribution < -0.4 is 0 Å². The highest BCUT2D eigenvalue weighted by molar-refractivity contribution is 5.26. The first kappa shape index (κ1) is 9.70. The van der Waals surface area contributed by atoms with E-state index in [1.165, 1.54) is 0 Å². The van der Waals surface area contributed by atoms with Crippen molar-refractivity contribution in [3.05, 3.63) is 61.8 Å². The Morgan fingerprint density at radius 2 is 2.00 bits per heavy atom. The lowest BCUT2D eigenvalue weighted by atomic mass is 10.2. The molecule has 0 heterocycles. The van der Waals surface area contributed by atoms with Gasteiger partial charge in [0.1, 0.15) is 0 Å². The highest BCUT2D eigenvalue weighted by Crippen LogP contribution is 1.93. The lowest BCUT2D eigenvalue weighted by Gasteiger charge is -1.82. The van der Waals surface area contributed by atoms with Gasteiger partial charge in [-0.2, -0.15) is 0 Å². The zero-order valence-corrected chi connectivity index (χ0v) is 6.66. The zero-order chi connectivity index (χ0) is 8.53. The largest absolute Gasteiger partial charge is 0.103 e. The SMILES string of the molecule is [CH]=C(C=C)C=CC=CCC=C. The second-order valence-electron chi connectivity index (χ2n) is 2.02. The molecular formula is C11H13. The monoisotopic (exact) mass is 145 g/mol. The Balaban J connectivity index is 3.67. The zero-order valence-electron chi connectivity index (χ0n) is 6.66. The van der Waals surface area contributed by atoms with E-state index < -0.39 is 0 Å². The van der Waals surface area contributed by atoms with E-state index in [0.717, 1.165) is 6.42 Å². The number of hydrogen-bond donors (Lipinski definition) is 0. The first-order valence-corrected chi connectivity index (χ1v) is 3.50. The maximum atomic E-state index is 5.45. The van der Waals surface area contributed by atoms with Gasteiger partial charge in [-0.1, -0.05) is 49.6 Å². The molecule has 0 rings (SSSR count). The highest BCUT2D eigenvalue weighted by Gasteiger charge is 1.72. The number of allylic oxidation sites excluding steroid dienone is 7. The van der Waals surface area contributed by atoms with Crippen LogP contribution in [-0.4, -0.2) is 0 Å². The molecule has 0 aliphatic rings. The average Bonchev–Trinajstić information content (AvgIpc) is 2.04. The first-order valence-electron chi connectivity index (χ1n) is 3.50. The van der Waals surface area contributed by atoms with Gasteiger partial charge in [-0.05, 0) is 12.0 Å². The second kappa shape index (κ2) is 6.81. The van der Waals surface area contributed by atoms with Crippen molar-refractivity contribution in [1.29, 1.82) is 0 Å². The van der Waals surface area contributed by atoms with Gasteiger partial charge in [0, 0.05) is 0 Å². The predicted octanol–water partition coefficient (Wildman–Crippen LogP) is 3.22. The molecule has 0 aliphatic carbocycles. The minimum absolute atomic E-state index is 0.674. The lowest BCUT2D eigenvalue weighted by molar-refractivity contribution is 1.41. The lowest BCUT2D eigenvalue weighted by Crippen LogP contribution is -1.62. The molecule has 11 heavy (non-hydrogen) atoms. The number of rotatable bonds is 5. The molecule has 0 aromatic rings. The molecule has 0 aliphatic heterocycles. The predicted molar refractivity (Wildman–Crippen MR) is 51.1 cm³/mol. The molecule has 0 spiro atoms. The van der Waals surface area contributed by atoms with Crippen LogP contribution in [0.15, 0.2) is 55.2 Å². The Kier molecular flexibility index (Phi) is 6.01. The van der Waals surface area contributed by atoms with Gasteiger partial charge >= 0.3 is 0 Å². The summed E-state index contributed by atoms with van der Waals surface area (Å²) in [4.78, 5) is 0. The van der Waals surface area contributed by atoms with Crippen molar-refractivity contribution in [2.75, 3.05) is 0 Å². The summed E-state index contributed by atoms with van der Waals surface area (Å²) in [5.74, 6) is 0. The summed E-state index contributed by atoms with van der Waals surface area (Å²) in [7, 11) is 0. The molecule has 0 fully saturated rings. The van der Waals surface area contributed by atoms with Gasteiger partial charge in [0.15, 0.2) is 0 Å². The molecule has 0 bridgehead atoms. The summed E-state index contributed by atoms with van der Waals surface area (Å²) in [5.41, 5.74) is 0.674. The van der Waals surface area contributed by atoms with Crippen LogP contribution in [0.2, 0.25) is 0 Å². The molecule has 0 atom stereocenters. The smallest absolute Gasteiger partial charge is 0.0169 e. The molecule has 0 amide bonds. The maximum absolute atomic E-state index is 5.45. The molecule has 0 aromatic heterocycles. The van der Waals surface area contributed by atoms with Crippen LogP contribution in [0.1, 0.15) is 6.42 Å². The third-order valence-corrected chi connectivity index (χ3v) is 1.07. The minimum atomic E-state index is 0.674. The van der Waals surface area contributed by atoms with Crippen LogP contribution in [0.25, 0.3) is 0 Å². The Bertz CT molecular complexity index is 192. The molecule has 0 heteroatoms. The second-order valence-corrected chi connectivity index (χ2v) is 2.02. The third-order valence-electron chi connectivity index (χ3n) is 1.07. The summed E-state index contributed by atoms with van der Waals surface area (Å²) in [5, 5.41) is 0. The Hall–Kier alpha value is -1.30. The quantitative estimate of drug-likeness (QED) is 0.411. The van der Waals surface area contributed by atoms with Gasteiger partial charge in [-0.25, -0.2) is 0 Å². The van der Waals surface area contributed by atoms with E-state index in [0.29, 0.717) is 5.57 Å². The van der Waals surface area contributed by atoms with E-state index in [-0.39, 0.29) is 0 Å². The third kappa shape index (κ3) is 6.59. The van der Waals surface area contributed by atoms with Gasteiger partial charge in [-0.3, -0.25) is 0 Å². The van der Waals surface area contributed by atoms with Gasteiger partial charge in [-0.15, -0.1) is 6.58 Å². The van der Waals surface area contributed by atoms with Crippen LogP contribution in [0.4, 0.5) is 0 Å². The van der Waals surface area contributed by atoms with Gasteiger partial charge in [0.2, 0.25) is 0 Å². The average molecular weight is 145 g/mol. The fraction of sp³-hybridized carbons (Fsp3) is 0.0909. The fourth-order valence-corrected chi connectivity index (χ4v) is 0.488. The molecule has 0 unspecified atom stereocenters. The standard InChI is InChI=1S/C11H13/c1-4-6-7-8-9-10-11(3)5-2/h3-5,7-10H,1-2,6H2. The van der Waals surface area contributed by atoms with E-state index >= 15 is 0 Å². The van der Waals surface area contributed by atoms with E-state index in [1.807, 2.05) is 24.3 Å². The fourth-order valence-electron chi connectivity index (χ4n) is 0.488. The van der Waals surface area contributed by atoms with Crippen LogP contribution in [0.5, 0.6) is 0 Å². The van der Waals surface area contributed by atoms with Crippen molar-refractivity contribution in [2.45, 2.75) is 6.42 Å². The summed E-state index contributed by atoms with van der Waals surface area (Å²) < 4.78 is 0. The molecular weight excluding hydrogens is 132 g/mol. The van der Waals surface area contributed by atoms with Crippen molar-refractivity contribution in [3.63, 3.8) is 0 Å². The van der Waals surface area contributed by atoms with Crippen LogP contribution in [0, 0.1) is 6.58 Å². The number of hydrogen-bond acceptors (Lipinski definition) is 0. The van der Waals surface area contributed by atoms with Crippen molar-refractivity contribution >= 4 is 0 Å². The van der Waals surface area contributed by atoms with Crippen LogP contribution in [-0.2, 0) is 0 Å². The summed E-state index contributed by atoms with van der Waals surface area (Å²) in [6.07, 6.45) is 11.9. The van der Waals surface area contributed by atoms with Crippen molar-refractivity contribution < 1.29 is 0 Å². The topological polar surface area (TPSA) is 0 Å². The summed E-state index contributed by atoms with van der Waals surface area (Å²) in [6, 6.07) is 0. The normalized spacial score (nSPS) is 10.5. The summed E-state index contributed by atoms with van der Waals surface area (Å²) in [6.45, 7) is 12.6. The Morgan fingerprint density at radius 3 is 2.55 bits per heavy atom. The van der Waals surface area contributed by atoms with Crippen molar-refractivity contribution in [3.8, 4) is 0 Å². The molecule has 0 saturated carbocycles. The highest BCUT2D eigenvalue weighted by atomic mass is 13.8. The van der Waals surface area contributed by atoms with E-state index in [1.54, 1.807) is 12.2 Å². The molecule has 57 valence electrons. The minimum Gasteiger partial charge on any atom is -0.103 e. The van der Waals surface area contributed by atoms with Gasteiger partial charge in [0.05, 0.1) is 0 Å². The van der Waals surface area contributed by atoms with Gasteiger partial charge < -0.3 is 0 Å². The van der Waals surface area contributed by atoms with Gasteiger partial charge in [0.25, 0.3) is 0 Å². The maximum Gasteiger partial charge on any atom is -0.0169 e. The van der Waals surface area contributed by atoms with Crippen molar-refractivity contribution in [2.24, 2.45) is 0 Å².